The average Bonchev–Trinajstić information content (AvgIpc) is 2.90. The van der Waals surface area contributed by atoms with Crippen LogP contribution in [0.4, 0.5) is 9.59 Å². The number of nitrogens with one attached hydrogen (secondary N) is 3. The highest BCUT2D eigenvalue weighted by molar-refractivity contribution is 5.90. The Morgan fingerprint density at radius 3 is 2.00 bits per heavy atom. The number of primary amides is 1. The number of carbonyl (C=O) groups excluding carboxylic acids is 4. The first kappa shape index (κ1) is 34.1. The van der Waals surface area contributed by atoms with E-state index in [2.05, 4.69) is 16.0 Å². The van der Waals surface area contributed by atoms with Crippen LogP contribution in [0.25, 0.3) is 0 Å². The minimum atomic E-state index is -1.34. The number of nitrogens with zero attached hydrogens (tertiary/aromatic N) is 1. The first-order valence-corrected chi connectivity index (χ1v) is 14.1. The van der Waals surface area contributed by atoms with Gasteiger partial charge in [0, 0.05) is 12.1 Å². The van der Waals surface area contributed by atoms with Crippen LogP contribution in [0.3, 0.4) is 0 Å². The maximum absolute atomic E-state index is 13.4. The summed E-state index contributed by atoms with van der Waals surface area (Å²) < 4.78 is 5.21. The lowest BCUT2D eigenvalue weighted by atomic mass is 9.99. The van der Waals surface area contributed by atoms with Gasteiger partial charge in [0.25, 0.3) is 0 Å². The fourth-order valence-electron chi connectivity index (χ4n) is 4.19. The lowest BCUT2D eigenvalue weighted by Gasteiger charge is -2.34. The molecule has 230 valence electrons. The van der Waals surface area contributed by atoms with E-state index in [-0.39, 0.29) is 31.5 Å². The molecule has 0 saturated carbocycles. The third-order valence-corrected chi connectivity index (χ3v) is 6.08. The highest BCUT2D eigenvalue weighted by Crippen LogP contribution is 2.12. The minimum absolute atomic E-state index is 0.0325. The van der Waals surface area contributed by atoms with Gasteiger partial charge in [-0.25, -0.2) is 9.59 Å². The van der Waals surface area contributed by atoms with Gasteiger partial charge in [0.15, 0.2) is 0 Å². The maximum Gasteiger partial charge on any atom is 0.408 e. The summed E-state index contributed by atoms with van der Waals surface area (Å²) in [4.78, 5) is 52.2. The van der Waals surface area contributed by atoms with Crippen molar-refractivity contribution in [3.63, 3.8) is 0 Å². The van der Waals surface area contributed by atoms with Crippen LogP contribution in [0.5, 0.6) is 0 Å². The van der Waals surface area contributed by atoms with Gasteiger partial charge in [0.1, 0.15) is 12.6 Å². The van der Waals surface area contributed by atoms with E-state index >= 15 is 0 Å². The molecule has 42 heavy (non-hydrogen) atoms. The van der Waals surface area contributed by atoms with Gasteiger partial charge in [-0.2, -0.15) is 0 Å². The van der Waals surface area contributed by atoms with Crippen LogP contribution in [0.15, 0.2) is 60.7 Å². The van der Waals surface area contributed by atoms with Gasteiger partial charge in [-0.1, -0.05) is 74.5 Å². The molecule has 0 bridgehead atoms. The first-order valence-electron chi connectivity index (χ1n) is 14.1. The van der Waals surface area contributed by atoms with E-state index in [1.807, 2.05) is 71.0 Å². The lowest BCUT2D eigenvalue weighted by Crippen LogP contribution is -2.57. The molecule has 0 radical (unpaired) electrons. The lowest BCUT2D eigenvalue weighted by molar-refractivity contribution is -0.128. The quantitative estimate of drug-likeness (QED) is 0.230. The number of hydrogen-bond donors (Lipinski definition) is 5. The molecule has 0 aromatic heterocycles. The summed E-state index contributed by atoms with van der Waals surface area (Å²) in [7, 11) is 0. The Morgan fingerprint density at radius 2 is 1.48 bits per heavy atom. The van der Waals surface area contributed by atoms with E-state index in [9.17, 15) is 24.3 Å². The molecule has 5 amide bonds. The predicted molar refractivity (Wildman–Crippen MR) is 160 cm³/mol. The number of benzene rings is 2. The van der Waals surface area contributed by atoms with Gasteiger partial charge in [-0.3, -0.25) is 9.59 Å². The number of hydrogen-bond acceptors (Lipinski definition) is 6. The van der Waals surface area contributed by atoms with Crippen molar-refractivity contribution >= 4 is 23.9 Å². The first-order chi connectivity index (χ1) is 19.7. The maximum atomic E-state index is 13.4. The second-order valence-corrected chi connectivity index (χ2v) is 11.8. The molecule has 11 nitrogen and oxygen atoms in total. The molecule has 2 aromatic carbocycles. The zero-order chi connectivity index (χ0) is 31.3. The van der Waals surface area contributed by atoms with Crippen LogP contribution < -0.4 is 21.7 Å². The number of amides is 5. The Kier molecular flexibility index (Phi) is 13.3. The van der Waals surface area contributed by atoms with E-state index in [1.165, 1.54) is 4.90 Å². The molecule has 6 N–H and O–H groups in total. The molecule has 2 rings (SSSR count). The second kappa shape index (κ2) is 16.4. The van der Waals surface area contributed by atoms with Gasteiger partial charge in [-0.15, -0.1) is 0 Å². The summed E-state index contributed by atoms with van der Waals surface area (Å²) in [6.45, 7) is 9.80. The molecule has 0 aliphatic carbocycles. The predicted octanol–water partition coefficient (Wildman–Crippen LogP) is 2.71. The molecule has 0 aliphatic rings. The summed E-state index contributed by atoms with van der Waals surface area (Å²) in [6.07, 6.45) is -2.33. The van der Waals surface area contributed by atoms with Crippen molar-refractivity contribution in [1.29, 1.82) is 0 Å². The Bertz CT molecular complexity index is 1150. The van der Waals surface area contributed by atoms with E-state index in [0.717, 1.165) is 11.1 Å². The number of urea groups is 1. The topological polar surface area (TPSA) is 163 Å². The van der Waals surface area contributed by atoms with Crippen molar-refractivity contribution in [2.45, 2.75) is 77.8 Å². The average molecular weight is 584 g/mol. The molecule has 0 fully saturated rings. The molecule has 3 atom stereocenters. The molecular weight excluding hydrogens is 538 g/mol. The van der Waals surface area contributed by atoms with Crippen molar-refractivity contribution in [3.05, 3.63) is 71.8 Å². The molecule has 11 heteroatoms. The number of rotatable bonds is 14. The van der Waals surface area contributed by atoms with E-state index in [4.69, 9.17) is 10.5 Å². The van der Waals surface area contributed by atoms with Gasteiger partial charge in [-0.05, 0) is 44.2 Å². The van der Waals surface area contributed by atoms with Gasteiger partial charge in [0.2, 0.25) is 11.8 Å². The van der Waals surface area contributed by atoms with Crippen molar-refractivity contribution in [3.8, 4) is 0 Å². The van der Waals surface area contributed by atoms with Crippen molar-refractivity contribution in [1.82, 2.24) is 20.9 Å². The number of carbonyl (C=O) groups is 4. The summed E-state index contributed by atoms with van der Waals surface area (Å²) >= 11 is 0. The number of aliphatic hydroxyl groups is 1. The zero-order valence-corrected chi connectivity index (χ0v) is 25.1. The summed E-state index contributed by atoms with van der Waals surface area (Å²) in [5.74, 6) is -1.41. The molecule has 0 spiro atoms. The van der Waals surface area contributed by atoms with Gasteiger partial charge >= 0.3 is 12.1 Å². The normalized spacial score (nSPS) is 13.4. The SMILES string of the molecule is CC(C)CN(CC(O)[C@H](Cc1ccccc1)NC(=O)[C@H](CC(N)=O)NC(=O)OCc1ccccc1)C(=O)NC(C)(C)C. The fourth-order valence-corrected chi connectivity index (χ4v) is 4.19. The molecular formula is C31H45N5O6. The smallest absolute Gasteiger partial charge is 0.408 e. The second-order valence-electron chi connectivity index (χ2n) is 11.8. The fraction of sp³-hybridized carbons (Fsp3) is 0.484. The number of nitrogens with two attached hydrogens (primary N) is 1. The Hall–Kier alpha value is -4.12. The molecule has 1 unspecified atom stereocenters. The van der Waals surface area contributed by atoms with Crippen molar-refractivity contribution in [2.24, 2.45) is 11.7 Å². The van der Waals surface area contributed by atoms with Crippen molar-refractivity contribution < 1.29 is 29.0 Å². The van der Waals surface area contributed by atoms with Crippen LogP contribution in [0, 0.1) is 5.92 Å². The van der Waals surface area contributed by atoms with Gasteiger partial charge in [0.05, 0.1) is 25.1 Å². The summed E-state index contributed by atoms with van der Waals surface area (Å²) in [5, 5.41) is 19.5. The molecule has 0 saturated heterocycles. The molecule has 0 aliphatic heterocycles. The summed E-state index contributed by atoms with van der Waals surface area (Å²) in [6, 6.07) is 15.7. The largest absolute Gasteiger partial charge is 0.445 e. The standard InChI is InChI=1S/C31H45N5O6/c1-21(2)18-36(29(40)35-31(3,4)5)19-26(37)24(16-22-12-8-6-9-13-22)33-28(39)25(17-27(32)38)34-30(41)42-20-23-14-10-7-11-15-23/h6-15,21,24-26,37H,16-20H2,1-5H3,(H2,32,38)(H,33,39)(H,34,41)(H,35,40)/t24-,25-,26?/m0/s1. The number of aliphatic hydroxyl groups excluding tert-OH is 1. The van der Waals surface area contributed by atoms with Crippen LogP contribution >= 0.6 is 0 Å². The van der Waals surface area contributed by atoms with E-state index < -0.39 is 48.1 Å². The number of alkyl carbamates (subject to hydrolysis) is 1. The monoisotopic (exact) mass is 583 g/mol. The Balaban J connectivity index is 2.21. The molecule has 0 heterocycles. The van der Waals surface area contributed by atoms with Gasteiger partial charge < -0.3 is 36.4 Å². The van der Waals surface area contributed by atoms with Crippen molar-refractivity contribution in [2.75, 3.05) is 13.1 Å². The van der Waals surface area contributed by atoms with Crippen LogP contribution in [0.2, 0.25) is 0 Å². The van der Waals surface area contributed by atoms with E-state index in [0.29, 0.717) is 6.54 Å². The third kappa shape index (κ3) is 13.0. The van der Waals surface area contributed by atoms with Crippen LogP contribution in [-0.4, -0.2) is 70.8 Å². The minimum Gasteiger partial charge on any atom is -0.445 e. The zero-order valence-electron chi connectivity index (χ0n) is 25.1. The third-order valence-electron chi connectivity index (χ3n) is 6.08. The van der Waals surface area contributed by atoms with Crippen LogP contribution in [0.1, 0.15) is 52.2 Å². The summed E-state index contributed by atoms with van der Waals surface area (Å²) in [5.41, 5.74) is 6.46. The highest BCUT2D eigenvalue weighted by atomic mass is 16.5. The Labute approximate surface area is 248 Å². The number of ether oxygens (including phenoxy) is 1. The Morgan fingerprint density at radius 1 is 0.905 bits per heavy atom. The van der Waals surface area contributed by atoms with E-state index in [1.54, 1.807) is 24.3 Å². The van der Waals surface area contributed by atoms with Crippen LogP contribution in [-0.2, 0) is 27.4 Å². The highest BCUT2D eigenvalue weighted by Gasteiger charge is 2.31. The molecule has 2 aromatic rings.